The quantitative estimate of drug-likeness (QED) is 0.734. The number of alkyl halides is 1. The van der Waals surface area contributed by atoms with E-state index >= 15 is 0 Å². The molecule has 12 heavy (non-hydrogen) atoms. The van der Waals surface area contributed by atoms with Crippen LogP contribution in [-0.4, -0.2) is 20.3 Å². The summed E-state index contributed by atoms with van der Waals surface area (Å²) in [5.74, 6) is -0.153. The number of hydrogen-bond donors (Lipinski definition) is 0. The van der Waals surface area contributed by atoms with Crippen molar-refractivity contribution in [3.63, 3.8) is 0 Å². The van der Waals surface area contributed by atoms with E-state index < -0.39 is 0 Å². The van der Waals surface area contributed by atoms with Gasteiger partial charge in [0, 0.05) is 11.9 Å². The van der Waals surface area contributed by atoms with E-state index in [-0.39, 0.29) is 5.92 Å². The van der Waals surface area contributed by atoms with Crippen LogP contribution in [0.15, 0.2) is 6.20 Å². The van der Waals surface area contributed by atoms with Crippen molar-refractivity contribution in [1.82, 2.24) is 15.0 Å². The lowest BCUT2D eigenvalue weighted by molar-refractivity contribution is 0.593. The number of aromatic nitrogens is 3. The summed E-state index contributed by atoms with van der Waals surface area (Å²) >= 11 is 3.27. The third-order valence-corrected chi connectivity index (χ3v) is 2.26. The zero-order chi connectivity index (χ0) is 8.97. The van der Waals surface area contributed by atoms with Gasteiger partial charge in [-0.3, -0.25) is 0 Å². The van der Waals surface area contributed by atoms with Gasteiger partial charge in [-0.1, -0.05) is 21.1 Å². The van der Waals surface area contributed by atoms with E-state index in [0.29, 0.717) is 5.33 Å². The highest BCUT2D eigenvalue weighted by atomic mass is 79.9. The average molecular weight is 229 g/mol. The van der Waals surface area contributed by atoms with Crippen LogP contribution in [0.3, 0.4) is 0 Å². The molecule has 0 amide bonds. The summed E-state index contributed by atoms with van der Waals surface area (Å²) in [7, 11) is 0. The van der Waals surface area contributed by atoms with E-state index in [2.05, 4.69) is 32.3 Å². The molecule has 0 aliphatic carbocycles. The number of nitriles is 1. The van der Waals surface area contributed by atoms with Gasteiger partial charge in [0.2, 0.25) is 0 Å². The van der Waals surface area contributed by atoms with Crippen LogP contribution >= 0.6 is 15.9 Å². The third kappa shape index (κ3) is 1.64. The Balaban J connectivity index is 2.93. The summed E-state index contributed by atoms with van der Waals surface area (Å²) in [6.45, 7) is 2.72. The molecule has 0 saturated carbocycles. The topological polar surface area (TPSA) is 54.5 Å². The fraction of sp³-hybridized carbons (Fsp3) is 0.571. The molecule has 0 aliphatic rings. The van der Waals surface area contributed by atoms with Gasteiger partial charge in [-0.15, -0.1) is 5.10 Å². The molecule has 64 valence electrons. The van der Waals surface area contributed by atoms with E-state index in [0.717, 1.165) is 12.2 Å². The maximum absolute atomic E-state index is 8.77. The summed E-state index contributed by atoms with van der Waals surface area (Å²) < 4.78 is 1.73. The van der Waals surface area contributed by atoms with Crippen LogP contribution in [0.5, 0.6) is 0 Å². The second kappa shape index (κ2) is 4.21. The van der Waals surface area contributed by atoms with Crippen molar-refractivity contribution in [1.29, 1.82) is 5.26 Å². The van der Waals surface area contributed by atoms with Gasteiger partial charge in [-0.05, 0) is 6.92 Å². The first-order valence-electron chi connectivity index (χ1n) is 3.67. The first-order valence-corrected chi connectivity index (χ1v) is 4.79. The number of rotatable bonds is 3. The van der Waals surface area contributed by atoms with Crippen molar-refractivity contribution < 1.29 is 0 Å². The minimum Gasteiger partial charge on any atom is -0.248 e. The van der Waals surface area contributed by atoms with Crippen LogP contribution in [0.2, 0.25) is 0 Å². The van der Waals surface area contributed by atoms with Crippen molar-refractivity contribution in [3.05, 3.63) is 11.9 Å². The van der Waals surface area contributed by atoms with Crippen LogP contribution < -0.4 is 0 Å². The molecular formula is C7H9BrN4. The smallest absolute Gasteiger partial charge is 0.0994 e. The Morgan fingerprint density at radius 2 is 2.58 bits per heavy atom. The summed E-state index contributed by atoms with van der Waals surface area (Å²) in [6, 6.07) is 2.18. The molecule has 1 rings (SSSR count). The maximum atomic E-state index is 8.77. The van der Waals surface area contributed by atoms with Gasteiger partial charge in [0.15, 0.2) is 0 Å². The summed E-state index contributed by atoms with van der Waals surface area (Å²) in [4.78, 5) is 0. The number of nitrogens with zero attached hydrogens (tertiary/aromatic N) is 4. The largest absolute Gasteiger partial charge is 0.248 e. The minimum atomic E-state index is -0.153. The molecule has 1 unspecified atom stereocenters. The van der Waals surface area contributed by atoms with Crippen LogP contribution in [0.1, 0.15) is 18.5 Å². The predicted molar refractivity (Wildman–Crippen MR) is 47.8 cm³/mol. The molecule has 5 heteroatoms. The first-order chi connectivity index (χ1) is 5.83. The Hall–Kier alpha value is -0.890. The van der Waals surface area contributed by atoms with Crippen LogP contribution in [0.25, 0.3) is 0 Å². The Morgan fingerprint density at radius 3 is 3.08 bits per heavy atom. The van der Waals surface area contributed by atoms with E-state index in [9.17, 15) is 0 Å². The van der Waals surface area contributed by atoms with Crippen molar-refractivity contribution in [2.75, 3.05) is 5.33 Å². The normalized spacial score (nSPS) is 12.4. The molecule has 0 aromatic carbocycles. The highest BCUT2D eigenvalue weighted by Gasteiger charge is 2.13. The molecule has 1 heterocycles. The number of halogens is 1. The van der Waals surface area contributed by atoms with E-state index in [1.165, 1.54) is 0 Å². The van der Waals surface area contributed by atoms with E-state index in [1.54, 1.807) is 10.9 Å². The Morgan fingerprint density at radius 1 is 1.83 bits per heavy atom. The van der Waals surface area contributed by atoms with Gasteiger partial charge in [0.1, 0.15) is 0 Å². The van der Waals surface area contributed by atoms with Crippen molar-refractivity contribution >= 4 is 15.9 Å². The SMILES string of the molecule is CCn1nncc1C(C#N)CBr. The monoisotopic (exact) mass is 228 g/mol. The Bertz CT molecular complexity index is 288. The zero-order valence-electron chi connectivity index (χ0n) is 6.74. The predicted octanol–water partition coefficient (Wildman–Crippen LogP) is 1.30. The van der Waals surface area contributed by atoms with E-state index in [4.69, 9.17) is 5.26 Å². The van der Waals surface area contributed by atoms with Gasteiger partial charge in [-0.2, -0.15) is 5.26 Å². The molecule has 4 nitrogen and oxygen atoms in total. The van der Waals surface area contributed by atoms with Gasteiger partial charge >= 0.3 is 0 Å². The zero-order valence-corrected chi connectivity index (χ0v) is 8.32. The Labute approximate surface area is 79.3 Å². The fourth-order valence-corrected chi connectivity index (χ4v) is 1.44. The molecular weight excluding hydrogens is 220 g/mol. The van der Waals surface area contributed by atoms with Crippen molar-refractivity contribution in [3.8, 4) is 6.07 Å². The maximum Gasteiger partial charge on any atom is 0.0994 e. The van der Waals surface area contributed by atoms with Crippen molar-refractivity contribution in [2.24, 2.45) is 0 Å². The minimum absolute atomic E-state index is 0.153. The van der Waals surface area contributed by atoms with E-state index in [1.807, 2.05) is 6.92 Å². The number of hydrogen-bond acceptors (Lipinski definition) is 3. The molecule has 0 saturated heterocycles. The van der Waals surface area contributed by atoms with Crippen molar-refractivity contribution in [2.45, 2.75) is 19.4 Å². The molecule has 0 N–H and O–H groups in total. The highest BCUT2D eigenvalue weighted by molar-refractivity contribution is 9.09. The summed E-state index contributed by atoms with van der Waals surface area (Å²) in [5.41, 5.74) is 0.872. The molecule has 0 bridgehead atoms. The highest BCUT2D eigenvalue weighted by Crippen LogP contribution is 2.15. The van der Waals surface area contributed by atoms with Gasteiger partial charge in [0.25, 0.3) is 0 Å². The van der Waals surface area contributed by atoms with Gasteiger partial charge in [0.05, 0.1) is 23.9 Å². The summed E-state index contributed by atoms with van der Waals surface area (Å²) in [6.07, 6.45) is 1.64. The average Bonchev–Trinajstić information content (AvgIpc) is 2.55. The lowest BCUT2D eigenvalue weighted by atomic mass is 10.1. The lowest BCUT2D eigenvalue weighted by Crippen LogP contribution is -2.07. The lowest BCUT2D eigenvalue weighted by Gasteiger charge is -2.05. The van der Waals surface area contributed by atoms with Gasteiger partial charge < -0.3 is 0 Å². The summed E-state index contributed by atoms with van der Waals surface area (Å²) in [5, 5.41) is 17.0. The molecule has 0 aliphatic heterocycles. The molecule has 0 radical (unpaired) electrons. The Kier molecular flexibility index (Phi) is 3.23. The first kappa shape index (κ1) is 9.20. The van der Waals surface area contributed by atoms with Crippen LogP contribution in [0, 0.1) is 11.3 Å². The second-order valence-electron chi connectivity index (χ2n) is 2.31. The molecule has 1 aromatic rings. The number of aryl methyl sites for hydroxylation is 1. The molecule has 0 spiro atoms. The standard InChI is InChI=1S/C7H9BrN4/c1-2-12-7(5-10-11-12)6(3-8)4-9/h5-6H,2-3H2,1H3. The molecule has 0 fully saturated rings. The van der Waals surface area contributed by atoms with Crippen LogP contribution in [-0.2, 0) is 6.54 Å². The third-order valence-electron chi connectivity index (χ3n) is 1.61. The van der Waals surface area contributed by atoms with Crippen LogP contribution in [0.4, 0.5) is 0 Å². The molecule has 1 atom stereocenters. The molecule has 1 aromatic heterocycles. The fourth-order valence-electron chi connectivity index (χ4n) is 0.961. The second-order valence-corrected chi connectivity index (χ2v) is 2.96. The van der Waals surface area contributed by atoms with Gasteiger partial charge in [-0.25, -0.2) is 4.68 Å².